The van der Waals surface area contributed by atoms with E-state index in [-0.39, 0.29) is 0 Å². The van der Waals surface area contributed by atoms with Crippen molar-refractivity contribution in [3.05, 3.63) is 29.8 Å². The van der Waals surface area contributed by atoms with Gasteiger partial charge in [0.25, 0.3) is 0 Å². The Morgan fingerprint density at radius 2 is 1.88 bits per heavy atom. The molecule has 5 nitrogen and oxygen atoms in total. The first kappa shape index (κ1) is 11.4. The van der Waals surface area contributed by atoms with Crippen molar-refractivity contribution in [3.8, 4) is 0 Å². The van der Waals surface area contributed by atoms with Crippen LogP contribution < -0.4 is 10.0 Å². The first-order valence-corrected chi connectivity index (χ1v) is 6.48. The van der Waals surface area contributed by atoms with Gasteiger partial charge in [-0.3, -0.25) is 4.31 Å². The normalized spacial score (nSPS) is 20.2. The molecular weight excluding hydrogens is 226 g/mol. The molecule has 0 radical (unpaired) electrons. The maximum Gasteiger partial charge on any atom is 0.303 e. The van der Waals surface area contributed by atoms with Crippen LogP contribution in [0.1, 0.15) is 5.56 Å². The molecule has 16 heavy (non-hydrogen) atoms. The maximum absolute atomic E-state index is 11.9. The van der Waals surface area contributed by atoms with E-state index in [0.29, 0.717) is 25.3 Å². The molecule has 0 unspecified atom stereocenters. The molecule has 0 spiro atoms. The van der Waals surface area contributed by atoms with Crippen LogP contribution in [0.4, 0.5) is 5.69 Å². The number of benzene rings is 1. The van der Waals surface area contributed by atoms with Crippen LogP contribution in [0, 0.1) is 0 Å². The molecule has 2 N–H and O–H groups in total. The van der Waals surface area contributed by atoms with Gasteiger partial charge in [-0.1, -0.05) is 12.1 Å². The number of anilines is 1. The highest BCUT2D eigenvalue weighted by atomic mass is 32.2. The van der Waals surface area contributed by atoms with Crippen molar-refractivity contribution in [3.63, 3.8) is 0 Å². The smallest absolute Gasteiger partial charge is 0.303 e. The van der Waals surface area contributed by atoms with Crippen LogP contribution in [0.5, 0.6) is 0 Å². The van der Waals surface area contributed by atoms with Gasteiger partial charge in [0.05, 0.1) is 5.69 Å². The minimum atomic E-state index is -3.30. The van der Waals surface area contributed by atoms with Crippen LogP contribution in [0.15, 0.2) is 24.3 Å². The lowest BCUT2D eigenvalue weighted by atomic mass is 10.2. The lowest BCUT2D eigenvalue weighted by Gasteiger charge is -2.18. The Balaban J connectivity index is 2.32. The molecule has 1 heterocycles. The van der Waals surface area contributed by atoms with Gasteiger partial charge in [0.1, 0.15) is 0 Å². The van der Waals surface area contributed by atoms with Crippen LogP contribution in [0.2, 0.25) is 0 Å². The van der Waals surface area contributed by atoms with Gasteiger partial charge < -0.3 is 5.73 Å². The van der Waals surface area contributed by atoms with Gasteiger partial charge in [0, 0.05) is 26.7 Å². The SMILES string of the molecule is CN1CCN(c2ccc(CN)cc2)S1(=O)=O. The van der Waals surface area contributed by atoms with Crippen LogP contribution in [0.3, 0.4) is 0 Å². The van der Waals surface area contributed by atoms with Crippen molar-refractivity contribution in [2.45, 2.75) is 6.54 Å². The topological polar surface area (TPSA) is 66.6 Å². The third-order valence-electron chi connectivity index (χ3n) is 2.75. The lowest BCUT2D eigenvalue weighted by Crippen LogP contribution is -2.30. The summed E-state index contributed by atoms with van der Waals surface area (Å²) in [4.78, 5) is 0. The summed E-state index contributed by atoms with van der Waals surface area (Å²) in [6.45, 7) is 1.49. The molecule has 0 atom stereocenters. The molecule has 0 bridgehead atoms. The van der Waals surface area contributed by atoms with Crippen molar-refractivity contribution in [1.29, 1.82) is 0 Å². The van der Waals surface area contributed by atoms with E-state index in [1.54, 1.807) is 19.2 Å². The van der Waals surface area contributed by atoms with Gasteiger partial charge in [0.2, 0.25) is 0 Å². The average molecular weight is 241 g/mol. The summed E-state index contributed by atoms with van der Waals surface area (Å²) in [7, 11) is -1.72. The molecule has 1 aromatic rings. The minimum Gasteiger partial charge on any atom is -0.326 e. The number of hydrogen-bond acceptors (Lipinski definition) is 3. The summed E-state index contributed by atoms with van der Waals surface area (Å²) in [5.74, 6) is 0. The molecule has 1 saturated heterocycles. The third kappa shape index (κ3) is 1.79. The quantitative estimate of drug-likeness (QED) is 0.801. The lowest BCUT2D eigenvalue weighted by molar-refractivity contribution is 0.511. The van der Waals surface area contributed by atoms with Crippen molar-refractivity contribution < 1.29 is 8.42 Å². The molecule has 6 heteroatoms. The standard InChI is InChI=1S/C10H15N3O2S/c1-12-6-7-13(16(12,14)15)10-4-2-9(8-11)3-5-10/h2-5H,6-8,11H2,1H3. The van der Waals surface area contributed by atoms with Crippen LogP contribution in [0.25, 0.3) is 0 Å². The summed E-state index contributed by atoms with van der Waals surface area (Å²) in [6, 6.07) is 7.28. The molecule has 1 aliphatic rings. The van der Waals surface area contributed by atoms with Crippen LogP contribution in [-0.2, 0) is 16.8 Å². The average Bonchev–Trinajstić information content (AvgIpc) is 2.54. The largest absolute Gasteiger partial charge is 0.326 e. The first-order chi connectivity index (χ1) is 7.55. The number of nitrogens with zero attached hydrogens (tertiary/aromatic N) is 2. The predicted octanol–water partition coefficient (Wildman–Crippen LogP) is 0.142. The van der Waals surface area contributed by atoms with Crippen molar-refractivity contribution in [1.82, 2.24) is 4.31 Å². The van der Waals surface area contributed by atoms with Gasteiger partial charge in [-0.15, -0.1) is 0 Å². The second kappa shape index (κ2) is 4.04. The zero-order valence-electron chi connectivity index (χ0n) is 9.13. The van der Waals surface area contributed by atoms with Crippen molar-refractivity contribution in [2.75, 3.05) is 24.4 Å². The van der Waals surface area contributed by atoms with Crippen LogP contribution in [-0.4, -0.2) is 32.9 Å². The van der Waals surface area contributed by atoms with E-state index in [1.807, 2.05) is 12.1 Å². The molecule has 0 amide bonds. The van der Waals surface area contributed by atoms with E-state index >= 15 is 0 Å². The van der Waals surface area contributed by atoms with Gasteiger partial charge in [-0.25, -0.2) is 0 Å². The Bertz CT molecular complexity index is 469. The number of nitrogens with two attached hydrogens (primary N) is 1. The fourth-order valence-electron chi connectivity index (χ4n) is 1.69. The number of hydrogen-bond donors (Lipinski definition) is 1. The molecule has 1 fully saturated rings. The minimum absolute atomic E-state index is 0.465. The van der Waals surface area contributed by atoms with E-state index in [1.165, 1.54) is 8.61 Å². The number of rotatable bonds is 2. The summed E-state index contributed by atoms with van der Waals surface area (Å²) >= 11 is 0. The fourth-order valence-corrected chi connectivity index (χ4v) is 3.04. The summed E-state index contributed by atoms with van der Waals surface area (Å²) in [6.07, 6.45) is 0. The van der Waals surface area contributed by atoms with Crippen molar-refractivity contribution in [2.24, 2.45) is 5.73 Å². The molecule has 1 aliphatic heterocycles. The Kier molecular flexibility index (Phi) is 2.88. The highest BCUT2D eigenvalue weighted by molar-refractivity contribution is 7.90. The first-order valence-electron chi connectivity index (χ1n) is 5.08. The molecule has 1 aromatic carbocycles. The highest BCUT2D eigenvalue weighted by Crippen LogP contribution is 2.24. The second-order valence-corrected chi connectivity index (χ2v) is 5.73. The molecule has 0 aliphatic carbocycles. The fraction of sp³-hybridized carbons (Fsp3) is 0.400. The Hall–Kier alpha value is -1.11. The third-order valence-corrected chi connectivity index (χ3v) is 4.67. The van der Waals surface area contributed by atoms with Gasteiger partial charge in [0.15, 0.2) is 0 Å². The molecule has 2 rings (SSSR count). The van der Waals surface area contributed by atoms with E-state index in [4.69, 9.17) is 5.73 Å². The van der Waals surface area contributed by atoms with E-state index in [0.717, 1.165) is 5.56 Å². The van der Waals surface area contributed by atoms with Crippen molar-refractivity contribution >= 4 is 15.9 Å². The number of likely N-dealkylation sites (N-methyl/N-ethyl adjacent to an activating group) is 1. The van der Waals surface area contributed by atoms with Gasteiger partial charge in [-0.05, 0) is 17.7 Å². The molecule has 0 aromatic heterocycles. The van der Waals surface area contributed by atoms with Gasteiger partial charge >= 0.3 is 10.2 Å². The summed E-state index contributed by atoms with van der Waals surface area (Å²) in [5.41, 5.74) is 7.18. The highest BCUT2D eigenvalue weighted by Gasteiger charge is 2.33. The Labute approximate surface area is 95.6 Å². The van der Waals surface area contributed by atoms with E-state index < -0.39 is 10.2 Å². The monoisotopic (exact) mass is 241 g/mol. The zero-order chi connectivity index (χ0) is 11.8. The van der Waals surface area contributed by atoms with Gasteiger partial charge in [-0.2, -0.15) is 12.7 Å². The van der Waals surface area contributed by atoms with Crippen LogP contribution >= 0.6 is 0 Å². The predicted molar refractivity (Wildman–Crippen MR) is 63.2 cm³/mol. The maximum atomic E-state index is 11.9. The molecule has 0 saturated carbocycles. The Morgan fingerprint density at radius 1 is 1.25 bits per heavy atom. The summed E-state index contributed by atoms with van der Waals surface area (Å²) in [5, 5.41) is 0. The summed E-state index contributed by atoms with van der Waals surface area (Å²) < 4.78 is 26.5. The van der Waals surface area contributed by atoms with E-state index in [2.05, 4.69) is 0 Å². The Morgan fingerprint density at radius 3 is 2.31 bits per heavy atom. The molecule has 88 valence electrons. The van der Waals surface area contributed by atoms with E-state index in [9.17, 15) is 8.42 Å². The molecular formula is C10H15N3O2S. The zero-order valence-corrected chi connectivity index (χ0v) is 9.94. The second-order valence-electron chi connectivity index (χ2n) is 3.77.